The van der Waals surface area contributed by atoms with Gasteiger partial charge in [0.05, 0.1) is 13.5 Å². The number of esters is 1. The third-order valence-corrected chi connectivity index (χ3v) is 3.66. The zero-order valence-corrected chi connectivity index (χ0v) is 14.6. The number of alkyl halides is 3. The highest BCUT2D eigenvalue weighted by atomic mass is 19.4. The van der Waals surface area contributed by atoms with Crippen molar-refractivity contribution in [3.63, 3.8) is 0 Å². The van der Waals surface area contributed by atoms with Gasteiger partial charge in [-0.3, -0.25) is 4.79 Å². The van der Waals surface area contributed by atoms with Gasteiger partial charge in [0.15, 0.2) is 0 Å². The normalized spacial score (nSPS) is 13.4. The third-order valence-electron chi connectivity index (χ3n) is 3.66. The Bertz CT molecular complexity index is 812. The lowest BCUT2D eigenvalue weighted by atomic mass is 10.1. The number of aromatic nitrogens is 1. The fraction of sp³-hybridized carbons (Fsp3) is 0.278. The van der Waals surface area contributed by atoms with Crippen molar-refractivity contribution < 1.29 is 27.5 Å². The standard InChI is InChI=1S/C18H18F3N3O3/c1-12-7-6-10-14(22-12)23-17(16(26)27-2,18(19,20)21)24-15(25)11-13-8-4-3-5-9-13/h3-10H,11H2,1-2H3,(H,22,23)(H,24,25)/t17-/m0/s1. The Hall–Kier alpha value is -3.10. The van der Waals surface area contributed by atoms with Crippen LogP contribution in [0.4, 0.5) is 19.0 Å². The first kappa shape index (κ1) is 20.2. The van der Waals surface area contributed by atoms with E-state index < -0.39 is 23.7 Å². The molecule has 0 fully saturated rings. The van der Waals surface area contributed by atoms with E-state index in [0.29, 0.717) is 11.3 Å². The van der Waals surface area contributed by atoms with Crippen molar-refractivity contribution in [3.05, 3.63) is 59.8 Å². The minimum Gasteiger partial charge on any atom is -0.466 e. The summed E-state index contributed by atoms with van der Waals surface area (Å²) in [5.41, 5.74) is -2.56. The highest BCUT2D eigenvalue weighted by molar-refractivity contribution is 5.91. The second-order valence-corrected chi connectivity index (χ2v) is 5.74. The van der Waals surface area contributed by atoms with E-state index in [-0.39, 0.29) is 12.2 Å². The lowest BCUT2D eigenvalue weighted by Gasteiger charge is -2.34. The summed E-state index contributed by atoms with van der Waals surface area (Å²) in [6, 6.07) is 12.5. The second-order valence-electron chi connectivity index (χ2n) is 5.74. The van der Waals surface area contributed by atoms with Gasteiger partial charge in [-0.25, -0.2) is 9.78 Å². The summed E-state index contributed by atoms with van der Waals surface area (Å²) in [5, 5.41) is 3.75. The number of amides is 1. The number of anilines is 1. The molecule has 1 aromatic carbocycles. The molecular formula is C18H18F3N3O3. The minimum absolute atomic E-state index is 0.238. The molecule has 0 radical (unpaired) electrons. The predicted octanol–water partition coefficient (Wildman–Crippen LogP) is 2.59. The predicted molar refractivity (Wildman–Crippen MR) is 91.7 cm³/mol. The van der Waals surface area contributed by atoms with Crippen molar-refractivity contribution in [1.82, 2.24) is 10.3 Å². The number of hydrogen-bond acceptors (Lipinski definition) is 5. The van der Waals surface area contributed by atoms with Crippen LogP contribution in [0.5, 0.6) is 0 Å². The van der Waals surface area contributed by atoms with Crippen LogP contribution < -0.4 is 10.6 Å². The van der Waals surface area contributed by atoms with E-state index in [1.54, 1.807) is 48.6 Å². The monoisotopic (exact) mass is 381 g/mol. The second kappa shape index (κ2) is 8.07. The molecule has 0 bridgehead atoms. The maximum absolute atomic E-state index is 13.9. The first-order chi connectivity index (χ1) is 12.7. The van der Waals surface area contributed by atoms with Crippen LogP contribution in [0.15, 0.2) is 48.5 Å². The van der Waals surface area contributed by atoms with Crippen LogP contribution in [0, 0.1) is 6.92 Å². The van der Waals surface area contributed by atoms with Crippen molar-refractivity contribution in [1.29, 1.82) is 0 Å². The lowest BCUT2D eigenvalue weighted by Crippen LogP contribution is -2.69. The smallest absolute Gasteiger partial charge is 0.441 e. The quantitative estimate of drug-likeness (QED) is 0.594. The number of nitrogens with zero attached hydrogens (tertiary/aromatic N) is 1. The first-order valence-electron chi connectivity index (χ1n) is 7.90. The van der Waals surface area contributed by atoms with Crippen molar-refractivity contribution in [2.24, 2.45) is 0 Å². The highest BCUT2D eigenvalue weighted by Crippen LogP contribution is 2.32. The molecule has 27 heavy (non-hydrogen) atoms. The van der Waals surface area contributed by atoms with E-state index in [1.165, 1.54) is 12.1 Å². The van der Waals surface area contributed by atoms with Crippen LogP contribution in [0.3, 0.4) is 0 Å². The maximum atomic E-state index is 13.9. The van der Waals surface area contributed by atoms with Gasteiger partial charge in [0.1, 0.15) is 5.82 Å². The fourth-order valence-corrected chi connectivity index (χ4v) is 2.38. The molecular weight excluding hydrogens is 363 g/mol. The average molecular weight is 381 g/mol. The Labute approximate surface area is 153 Å². The van der Waals surface area contributed by atoms with E-state index in [0.717, 1.165) is 7.11 Å². The van der Waals surface area contributed by atoms with Gasteiger partial charge in [0.2, 0.25) is 5.91 Å². The molecule has 9 heteroatoms. The molecule has 0 saturated heterocycles. The number of benzene rings is 1. The molecule has 1 aromatic heterocycles. The summed E-state index contributed by atoms with van der Waals surface area (Å²) >= 11 is 0. The highest BCUT2D eigenvalue weighted by Gasteiger charge is 2.63. The van der Waals surface area contributed by atoms with Gasteiger partial charge in [0, 0.05) is 5.69 Å². The summed E-state index contributed by atoms with van der Waals surface area (Å²) in [7, 11) is 0.803. The maximum Gasteiger partial charge on any atom is 0.441 e. The van der Waals surface area contributed by atoms with Crippen molar-refractivity contribution in [2.45, 2.75) is 25.2 Å². The Balaban J connectivity index is 2.38. The van der Waals surface area contributed by atoms with E-state index >= 15 is 0 Å². The fourth-order valence-electron chi connectivity index (χ4n) is 2.38. The molecule has 1 heterocycles. The van der Waals surface area contributed by atoms with Crippen molar-refractivity contribution >= 4 is 17.7 Å². The number of hydrogen-bond donors (Lipinski definition) is 2. The molecule has 0 aliphatic rings. The topological polar surface area (TPSA) is 80.3 Å². The van der Waals surface area contributed by atoms with Crippen LogP contribution >= 0.6 is 0 Å². The number of ether oxygens (including phenoxy) is 1. The number of halogens is 3. The van der Waals surface area contributed by atoms with E-state index in [2.05, 4.69) is 9.72 Å². The van der Waals surface area contributed by atoms with Gasteiger partial charge in [0.25, 0.3) is 0 Å². The molecule has 0 unspecified atom stereocenters. The van der Waals surface area contributed by atoms with Gasteiger partial charge in [-0.05, 0) is 24.6 Å². The Kier molecular flexibility index (Phi) is 6.04. The van der Waals surface area contributed by atoms with Gasteiger partial charge in [-0.2, -0.15) is 13.2 Å². The van der Waals surface area contributed by atoms with E-state index in [1.807, 2.05) is 5.32 Å². The summed E-state index contributed by atoms with van der Waals surface area (Å²) in [4.78, 5) is 28.3. The molecule has 144 valence electrons. The summed E-state index contributed by atoms with van der Waals surface area (Å²) in [5.74, 6) is -2.96. The van der Waals surface area contributed by atoms with Crippen LogP contribution in [-0.2, 0) is 20.7 Å². The Morgan fingerprint density at radius 1 is 1.07 bits per heavy atom. The lowest BCUT2D eigenvalue weighted by molar-refractivity contribution is -0.206. The number of nitrogens with one attached hydrogen (secondary N) is 2. The number of aryl methyl sites for hydroxylation is 1. The van der Waals surface area contributed by atoms with E-state index in [4.69, 9.17) is 0 Å². The molecule has 2 aromatic rings. The molecule has 0 spiro atoms. The SMILES string of the molecule is COC(=O)[C@@](NC(=O)Cc1ccccc1)(Nc1cccc(C)n1)C(F)(F)F. The van der Waals surface area contributed by atoms with Gasteiger partial charge >= 0.3 is 17.8 Å². The van der Waals surface area contributed by atoms with Crippen molar-refractivity contribution in [3.8, 4) is 0 Å². The Morgan fingerprint density at radius 2 is 1.74 bits per heavy atom. The molecule has 2 N–H and O–H groups in total. The Morgan fingerprint density at radius 3 is 2.30 bits per heavy atom. The molecule has 0 aliphatic carbocycles. The molecule has 0 aliphatic heterocycles. The largest absolute Gasteiger partial charge is 0.466 e. The molecule has 6 nitrogen and oxygen atoms in total. The third kappa shape index (κ3) is 4.75. The van der Waals surface area contributed by atoms with Crippen LogP contribution in [0.1, 0.15) is 11.3 Å². The van der Waals surface area contributed by atoms with Gasteiger partial charge in [-0.1, -0.05) is 36.4 Å². The molecule has 2 rings (SSSR count). The van der Waals surface area contributed by atoms with Crippen LogP contribution in [-0.4, -0.2) is 35.8 Å². The van der Waals surface area contributed by atoms with Crippen molar-refractivity contribution in [2.75, 3.05) is 12.4 Å². The number of rotatable bonds is 6. The van der Waals surface area contributed by atoms with Crippen LogP contribution in [0.2, 0.25) is 0 Å². The number of pyridine rings is 1. The number of carbonyl (C=O) groups is 2. The summed E-state index contributed by atoms with van der Waals surface area (Å²) < 4.78 is 46.0. The molecule has 0 saturated carbocycles. The summed E-state index contributed by atoms with van der Waals surface area (Å²) in [6.45, 7) is 1.58. The number of methoxy groups -OCH3 is 1. The zero-order valence-electron chi connectivity index (χ0n) is 14.6. The molecule has 1 amide bonds. The number of carbonyl (C=O) groups excluding carboxylic acids is 2. The van der Waals surface area contributed by atoms with Crippen LogP contribution in [0.25, 0.3) is 0 Å². The summed E-state index contributed by atoms with van der Waals surface area (Å²) in [6.07, 6.45) is -5.55. The zero-order chi connectivity index (χ0) is 20.1. The minimum atomic E-state index is -5.20. The average Bonchev–Trinajstić information content (AvgIpc) is 2.60. The van der Waals surface area contributed by atoms with E-state index in [9.17, 15) is 22.8 Å². The van der Waals surface area contributed by atoms with Gasteiger partial charge in [-0.15, -0.1) is 0 Å². The first-order valence-corrected chi connectivity index (χ1v) is 7.90. The molecule has 1 atom stereocenters. The van der Waals surface area contributed by atoms with Gasteiger partial charge < -0.3 is 15.4 Å².